The van der Waals surface area contributed by atoms with E-state index in [2.05, 4.69) is 20.7 Å². The van der Waals surface area contributed by atoms with Crippen molar-refractivity contribution in [2.45, 2.75) is 10.9 Å². The number of ether oxygens (including phenoxy) is 2. The lowest BCUT2D eigenvalue weighted by molar-refractivity contribution is 0.355. The van der Waals surface area contributed by atoms with Crippen LogP contribution in [0.5, 0.6) is 11.5 Å². The summed E-state index contributed by atoms with van der Waals surface area (Å²) in [4.78, 5) is 0. The normalized spacial score (nSPS) is 11.0. The van der Waals surface area contributed by atoms with Crippen molar-refractivity contribution < 1.29 is 9.47 Å². The molecule has 10 heteroatoms. The molecule has 3 aromatic rings. The number of nitrogens with two attached hydrogens (primary N) is 1. The number of anilines is 1. The van der Waals surface area contributed by atoms with Gasteiger partial charge in [0.25, 0.3) is 5.95 Å². The molecule has 0 aliphatic heterocycles. The molecule has 28 heavy (non-hydrogen) atoms. The van der Waals surface area contributed by atoms with E-state index in [9.17, 15) is 0 Å². The molecule has 3 N–H and O–H groups in total. The van der Waals surface area contributed by atoms with Crippen LogP contribution in [0.1, 0.15) is 11.1 Å². The van der Waals surface area contributed by atoms with E-state index in [1.807, 2.05) is 36.4 Å². The molecule has 146 valence electrons. The Hall–Kier alpha value is -2.91. The summed E-state index contributed by atoms with van der Waals surface area (Å²) in [5, 5.41) is 13.5. The van der Waals surface area contributed by atoms with E-state index < -0.39 is 0 Å². The molecule has 0 aliphatic carbocycles. The van der Waals surface area contributed by atoms with Gasteiger partial charge in [-0.25, -0.2) is 10.1 Å². The molecule has 1 aromatic heterocycles. The molecule has 0 saturated carbocycles. The molecule has 0 amide bonds. The van der Waals surface area contributed by atoms with Crippen LogP contribution in [0.4, 0.5) is 5.95 Å². The van der Waals surface area contributed by atoms with Crippen LogP contribution in [0.15, 0.2) is 52.7 Å². The van der Waals surface area contributed by atoms with E-state index in [0.717, 1.165) is 11.1 Å². The van der Waals surface area contributed by atoms with Crippen molar-refractivity contribution in [1.82, 2.24) is 14.9 Å². The van der Waals surface area contributed by atoms with Gasteiger partial charge >= 0.3 is 0 Å². The van der Waals surface area contributed by atoms with Gasteiger partial charge in [0, 0.05) is 10.8 Å². The average molecular weight is 419 g/mol. The molecule has 0 fully saturated rings. The highest BCUT2D eigenvalue weighted by molar-refractivity contribution is 7.98. The Morgan fingerprint density at radius 1 is 1.14 bits per heavy atom. The number of thioether (sulfide) groups is 1. The van der Waals surface area contributed by atoms with Crippen molar-refractivity contribution in [2.75, 3.05) is 25.5 Å². The molecular formula is C18H19ClN6O2S. The predicted octanol–water partition coefficient (Wildman–Crippen LogP) is 3.40. The smallest absolute Gasteiger partial charge is 0.264 e. The van der Waals surface area contributed by atoms with Crippen LogP contribution in [0, 0.1) is 0 Å². The van der Waals surface area contributed by atoms with Crippen molar-refractivity contribution in [3.05, 3.63) is 58.6 Å². The fraction of sp³-hybridized carbons (Fsp3) is 0.167. The lowest BCUT2D eigenvalue weighted by atomic mass is 10.2. The van der Waals surface area contributed by atoms with Gasteiger partial charge < -0.3 is 15.3 Å². The maximum absolute atomic E-state index is 6.03. The van der Waals surface area contributed by atoms with Gasteiger partial charge in [0.2, 0.25) is 5.16 Å². The van der Waals surface area contributed by atoms with Gasteiger partial charge in [-0.15, -0.1) is 10.2 Å². The molecule has 0 unspecified atom stereocenters. The predicted molar refractivity (Wildman–Crippen MR) is 112 cm³/mol. The van der Waals surface area contributed by atoms with Crippen molar-refractivity contribution >= 4 is 35.5 Å². The third kappa shape index (κ3) is 4.87. The van der Waals surface area contributed by atoms with Gasteiger partial charge in [-0.05, 0) is 41.5 Å². The lowest BCUT2D eigenvalue weighted by Crippen LogP contribution is -2.13. The summed E-state index contributed by atoms with van der Waals surface area (Å²) in [6.07, 6.45) is 1.62. The van der Waals surface area contributed by atoms with Crippen molar-refractivity contribution in [2.24, 2.45) is 5.10 Å². The SMILES string of the molecule is COc1ccc(/C=N/Nc2nnc(SCc3ccc(Cl)cc3)n2N)cc1OC. The first kappa shape index (κ1) is 19.8. The third-order valence-electron chi connectivity index (χ3n) is 3.73. The van der Waals surface area contributed by atoms with Gasteiger partial charge in [0.05, 0.1) is 20.4 Å². The van der Waals surface area contributed by atoms with Crippen LogP contribution in [0.25, 0.3) is 0 Å². The number of nitrogens with zero attached hydrogens (tertiary/aromatic N) is 4. The van der Waals surface area contributed by atoms with Crippen LogP contribution in [-0.2, 0) is 5.75 Å². The number of nitrogens with one attached hydrogen (secondary N) is 1. The fourth-order valence-electron chi connectivity index (χ4n) is 2.28. The number of hydrogen-bond donors (Lipinski definition) is 2. The minimum absolute atomic E-state index is 0.329. The van der Waals surface area contributed by atoms with Crippen LogP contribution in [-0.4, -0.2) is 35.3 Å². The second kappa shape index (κ2) is 9.34. The third-order valence-corrected chi connectivity index (χ3v) is 5.00. The van der Waals surface area contributed by atoms with E-state index in [-0.39, 0.29) is 0 Å². The Bertz CT molecular complexity index is 961. The van der Waals surface area contributed by atoms with E-state index in [0.29, 0.717) is 33.4 Å². The molecule has 8 nitrogen and oxygen atoms in total. The zero-order valence-electron chi connectivity index (χ0n) is 15.3. The zero-order valence-corrected chi connectivity index (χ0v) is 16.9. The Morgan fingerprint density at radius 3 is 2.61 bits per heavy atom. The molecule has 1 heterocycles. The topological polar surface area (TPSA) is 99.6 Å². The quantitative estimate of drug-likeness (QED) is 0.250. The molecule has 0 radical (unpaired) electrons. The highest BCUT2D eigenvalue weighted by Gasteiger charge is 2.10. The average Bonchev–Trinajstić information content (AvgIpc) is 3.07. The molecule has 0 spiro atoms. The Morgan fingerprint density at radius 2 is 1.89 bits per heavy atom. The van der Waals surface area contributed by atoms with Gasteiger partial charge in [0.1, 0.15) is 0 Å². The van der Waals surface area contributed by atoms with E-state index in [1.165, 1.54) is 16.4 Å². The van der Waals surface area contributed by atoms with Gasteiger partial charge in [-0.2, -0.15) is 5.10 Å². The number of halogens is 1. The number of rotatable bonds is 8. The monoisotopic (exact) mass is 418 g/mol. The molecular weight excluding hydrogens is 400 g/mol. The second-order valence-corrected chi connectivity index (χ2v) is 6.95. The fourth-order valence-corrected chi connectivity index (χ4v) is 3.22. The molecule has 0 aliphatic rings. The lowest BCUT2D eigenvalue weighted by Gasteiger charge is -2.07. The maximum atomic E-state index is 6.03. The van der Waals surface area contributed by atoms with E-state index in [1.54, 1.807) is 26.5 Å². The van der Waals surface area contributed by atoms with Crippen LogP contribution in [0.3, 0.4) is 0 Å². The summed E-state index contributed by atoms with van der Waals surface area (Å²) in [5.41, 5.74) is 4.72. The van der Waals surface area contributed by atoms with Crippen LogP contribution in [0.2, 0.25) is 5.02 Å². The number of aromatic nitrogens is 3. The van der Waals surface area contributed by atoms with Gasteiger partial charge in [0.15, 0.2) is 11.5 Å². The highest BCUT2D eigenvalue weighted by Crippen LogP contribution is 2.27. The summed E-state index contributed by atoms with van der Waals surface area (Å²) < 4.78 is 11.8. The van der Waals surface area contributed by atoms with Crippen LogP contribution < -0.4 is 20.7 Å². The maximum Gasteiger partial charge on any atom is 0.264 e. The first-order valence-electron chi connectivity index (χ1n) is 8.19. The number of hydrazone groups is 1. The number of hydrogen-bond acceptors (Lipinski definition) is 8. The largest absolute Gasteiger partial charge is 0.493 e. The van der Waals surface area contributed by atoms with Crippen molar-refractivity contribution in [1.29, 1.82) is 0 Å². The summed E-state index contributed by atoms with van der Waals surface area (Å²) in [6.45, 7) is 0. The first-order valence-corrected chi connectivity index (χ1v) is 9.56. The van der Waals surface area contributed by atoms with Crippen LogP contribution >= 0.6 is 23.4 Å². The van der Waals surface area contributed by atoms with E-state index in [4.69, 9.17) is 26.9 Å². The summed E-state index contributed by atoms with van der Waals surface area (Å²) >= 11 is 7.36. The van der Waals surface area contributed by atoms with E-state index >= 15 is 0 Å². The Balaban J connectivity index is 1.61. The molecule has 3 rings (SSSR count). The minimum Gasteiger partial charge on any atom is -0.493 e. The Labute approximate surface area is 171 Å². The summed E-state index contributed by atoms with van der Waals surface area (Å²) in [5.74, 6) is 8.33. The molecule has 0 saturated heterocycles. The summed E-state index contributed by atoms with van der Waals surface area (Å²) in [6, 6.07) is 13.1. The van der Waals surface area contributed by atoms with Gasteiger partial charge in [-0.1, -0.05) is 35.5 Å². The second-order valence-electron chi connectivity index (χ2n) is 5.58. The number of benzene rings is 2. The highest BCUT2D eigenvalue weighted by atomic mass is 35.5. The Kier molecular flexibility index (Phi) is 6.62. The number of nitrogen functional groups attached to an aromatic ring is 1. The van der Waals surface area contributed by atoms with Gasteiger partial charge in [-0.3, -0.25) is 0 Å². The minimum atomic E-state index is 0.329. The molecule has 2 aromatic carbocycles. The first-order chi connectivity index (χ1) is 13.6. The van der Waals surface area contributed by atoms with Crippen molar-refractivity contribution in [3.63, 3.8) is 0 Å². The zero-order chi connectivity index (χ0) is 19.9. The molecule has 0 atom stereocenters. The molecule has 0 bridgehead atoms. The number of methoxy groups -OCH3 is 2. The standard InChI is InChI=1S/C18H19ClN6O2S/c1-26-15-8-5-13(9-16(15)27-2)10-21-22-17-23-24-18(25(17)20)28-11-12-3-6-14(19)7-4-12/h3-10H,11,20H2,1-2H3,(H,22,23)/b21-10+. The summed E-state index contributed by atoms with van der Waals surface area (Å²) in [7, 11) is 3.17. The van der Waals surface area contributed by atoms with Crippen molar-refractivity contribution in [3.8, 4) is 11.5 Å².